The summed E-state index contributed by atoms with van der Waals surface area (Å²) in [7, 11) is 1.59. The number of rotatable bonds is 5. The second kappa shape index (κ2) is 5.65. The molecule has 1 aromatic carbocycles. The molecule has 0 aromatic heterocycles. The number of hydrogen-bond donors (Lipinski definition) is 2. The van der Waals surface area contributed by atoms with Gasteiger partial charge in [0.15, 0.2) is 0 Å². The van der Waals surface area contributed by atoms with Crippen LogP contribution in [-0.4, -0.2) is 23.8 Å². The summed E-state index contributed by atoms with van der Waals surface area (Å²) in [5, 5.41) is 8.76. The van der Waals surface area contributed by atoms with Gasteiger partial charge in [-0.15, -0.1) is 0 Å². The summed E-state index contributed by atoms with van der Waals surface area (Å²) in [6, 6.07) is 7.20. The van der Waals surface area contributed by atoms with Crippen LogP contribution in [0.3, 0.4) is 0 Å². The van der Waals surface area contributed by atoms with Crippen LogP contribution in [0.4, 0.5) is 0 Å². The first-order valence-electron chi connectivity index (χ1n) is 5.21. The number of methoxy groups -OCH3 is 1. The minimum atomic E-state index is -1.10. The van der Waals surface area contributed by atoms with Crippen molar-refractivity contribution in [1.82, 2.24) is 5.48 Å². The maximum absolute atomic E-state index is 11.5. The van der Waals surface area contributed by atoms with Crippen molar-refractivity contribution in [2.24, 2.45) is 0 Å². The molecule has 0 fully saturated rings. The van der Waals surface area contributed by atoms with Gasteiger partial charge >= 0.3 is 5.97 Å². The lowest BCUT2D eigenvalue weighted by Crippen LogP contribution is -2.45. The van der Waals surface area contributed by atoms with E-state index in [1.807, 2.05) is 17.6 Å². The number of nitrogens with one attached hydrogen (secondary N) is 1. The van der Waals surface area contributed by atoms with Gasteiger partial charge in [-0.2, -0.15) is 5.48 Å². The van der Waals surface area contributed by atoms with Crippen LogP contribution in [0, 0.1) is 0 Å². The molecule has 5 nitrogen and oxygen atoms in total. The van der Waals surface area contributed by atoms with Crippen molar-refractivity contribution in [1.29, 1.82) is 0 Å². The zero-order valence-electron chi connectivity index (χ0n) is 10.2. The van der Waals surface area contributed by atoms with Gasteiger partial charge in [-0.1, -0.05) is 12.1 Å². The number of hydrogen-bond acceptors (Lipinski definition) is 5. The van der Waals surface area contributed by atoms with E-state index in [1.54, 1.807) is 19.2 Å². The molecule has 5 heteroatoms. The predicted octanol–water partition coefficient (Wildman–Crippen LogP) is 1.50. The Kier molecular flexibility index (Phi) is 4.48. The molecule has 0 spiro atoms. The summed E-state index contributed by atoms with van der Waals surface area (Å²) in [6.07, 6.45) is 0. The summed E-state index contributed by atoms with van der Waals surface area (Å²) in [4.78, 5) is 11.5. The molecular weight excluding hydrogens is 222 g/mol. The lowest BCUT2D eigenvalue weighted by atomic mass is 10.1. The smallest absolute Gasteiger partial charge is 0.328 e. The first kappa shape index (κ1) is 13.5. The molecule has 0 aliphatic carbocycles. The van der Waals surface area contributed by atoms with E-state index >= 15 is 0 Å². The van der Waals surface area contributed by atoms with E-state index in [0.29, 0.717) is 0 Å². The van der Waals surface area contributed by atoms with E-state index < -0.39 is 11.5 Å². The Labute approximate surface area is 100 Å². The van der Waals surface area contributed by atoms with Gasteiger partial charge in [0.25, 0.3) is 0 Å². The minimum absolute atomic E-state index is 0.161. The van der Waals surface area contributed by atoms with Crippen molar-refractivity contribution >= 4 is 5.97 Å². The van der Waals surface area contributed by atoms with Crippen LogP contribution < -0.4 is 10.2 Å². The number of hydroxylamine groups is 1. The van der Waals surface area contributed by atoms with Gasteiger partial charge in [0.1, 0.15) is 17.9 Å². The maximum atomic E-state index is 11.5. The molecule has 2 N–H and O–H groups in total. The van der Waals surface area contributed by atoms with Crippen molar-refractivity contribution in [3.8, 4) is 5.75 Å². The number of benzene rings is 1. The molecule has 0 heterocycles. The topological polar surface area (TPSA) is 67.8 Å². The predicted molar refractivity (Wildman–Crippen MR) is 61.8 cm³/mol. The van der Waals surface area contributed by atoms with Crippen molar-refractivity contribution in [3.63, 3.8) is 0 Å². The van der Waals surface area contributed by atoms with Crippen molar-refractivity contribution in [3.05, 3.63) is 29.8 Å². The molecule has 0 unspecified atom stereocenters. The molecule has 0 amide bonds. The quantitative estimate of drug-likeness (QED) is 0.602. The average molecular weight is 239 g/mol. The molecule has 0 saturated carbocycles. The molecule has 0 bridgehead atoms. The number of carbonyl (C=O) groups is 1. The van der Waals surface area contributed by atoms with Crippen LogP contribution in [0.15, 0.2) is 24.3 Å². The zero-order chi connectivity index (χ0) is 12.9. The Bertz CT molecular complexity index is 373. The number of carbonyl (C=O) groups excluding carboxylic acids is 1. The third-order valence-corrected chi connectivity index (χ3v) is 2.32. The minimum Gasteiger partial charge on any atom is -0.497 e. The molecule has 0 saturated heterocycles. The fraction of sp³-hybridized carbons (Fsp3) is 0.417. The average Bonchev–Trinajstić information content (AvgIpc) is 2.36. The van der Waals surface area contributed by atoms with E-state index in [9.17, 15) is 4.79 Å². The Morgan fingerprint density at radius 2 is 1.94 bits per heavy atom. The van der Waals surface area contributed by atoms with E-state index in [4.69, 9.17) is 14.7 Å². The van der Waals surface area contributed by atoms with Crippen LogP contribution in [0.25, 0.3) is 0 Å². The van der Waals surface area contributed by atoms with E-state index in [0.717, 1.165) is 11.3 Å². The van der Waals surface area contributed by atoms with Gasteiger partial charge in [0, 0.05) is 0 Å². The third kappa shape index (κ3) is 3.72. The first-order valence-corrected chi connectivity index (χ1v) is 5.21. The molecule has 0 aliphatic heterocycles. The Balaban J connectivity index is 2.53. The molecular formula is C12H17NO4. The van der Waals surface area contributed by atoms with Gasteiger partial charge in [-0.3, -0.25) is 0 Å². The molecule has 1 aromatic rings. The van der Waals surface area contributed by atoms with Gasteiger partial charge in [-0.25, -0.2) is 4.79 Å². The molecule has 17 heavy (non-hydrogen) atoms. The van der Waals surface area contributed by atoms with Crippen molar-refractivity contribution in [2.45, 2.75) is 26.0 Å². The SMILES string of the molecule is COc1ccc(COC(=O)C(C)(C)NO)cc1. The Morgan fingerprint density at radius 3 is 2.41 bits per heavy atom. The highest BCUT2D eigenvalue weighted by atomic mass is 16.5. The second-order valence-corrected chi connectivity index (χ2v) is 4.16. The lowest BCUT2D eigenvalue weighted by molar-refractivity contribution is -0.156. The van der Waals surface area contributed by atoms with Crippen LogP contribution >= 0.6 is 0 Å². The Morgan fingerprint density at radius 1 is 1.35 bits per heavy atom. The van der Waals surface area contributed by atoms with Gasteiger partial charge in [-0.05, 0) is 31.5 Å². The van der Waals surface area contributed by atoms with Crippen LogP contribution in [0.2, 0.25) is 0 Å². The summed E-state index contributed by atoms with van der Waals surface area (Å²) in [5.74, 6) is 0.230. The third-order valence-electron chi connectivity index (χ3n) is 2.32. The first-order chi connectivity index (χ1) is 7.99. The second-order valence-electron chi connectivity index (χ2n) is 4.16. The van der Waals surface area contributed by atoms with Gasteiger partial charge < -0.3 is 14.7 Å². The molecule has 0 atom stereocenters. The largest absolute Gasteiger partial charge is 0.497 e. The molecule has 1 rings (SSSR count). The summed E-state index contributed by atoms with van der Waals surface area (Å²) in [5.41, 5.74) is 1.65. The van der Waals surface area contributed by atoms with Crippen molar-refractivity contribution < 1.29 is 19.5 Å². The summed E-state index contributed by atoms with van der Waals surface area (Å²) in [6.45, 7) is 3.22. The van der Waals surface area contributed by atoms with Crippen LogP contribution in [-0.2, 0) is 16.1 Å². The van der Waals surface area contributed by atoms with Gasteiger partial charge in [0.05, 0.1) is 7.11 Å². The zero-order valence-corrected chi connectivity index (χ0v) is 10.2. The highest BCUT2D eigenvalue weighted by Gasteiger charge is 2.28. The highest BCUT2D eigenvalue weighted by Crippen LogP contribution is 2.13. The fourth-order valence-electron chi connectivity index (χ4n) is 1.10. The Hall–Kier alpha value is -1.59. The summed E-state index contributed by atoms with van der Waals surface area (Å²) >= 11 is 0. The highest BCUT2D eigenvalue weighted by molar-refractivity contribution is 5.79. The van der Waals surface area contributed by atoms with Crippen molar-refractivity contribution in [2.75, 3.05) is 7.11 Å². The normalized spacial score (nSPS) is 11.1. The van der Waals surface area contributed by atoms with E-state index in [2.05, 4.69) is 0 Å². The lowest BCUT2D eigenvalue weighted by Gasteiger charge is -2.20. The fourth-order valence-corrected chi connectivity index (χ4v) is 1.10. The standard InChI is InChI=1S/C12H17NO4/c1-12(2,13-15)11(14)17-8-9-4-6-10(16-3)7-5-9/h4-7,13,15H,8H2,1-3H3. The molecule has 0 radical (unpaired) electrons. The van der Waals surface area contributed by atoms with E-state index in [1.165, 1.54) is 13.8 Å². The molecule has 0 aliphatic rings. The van der Waals surface area contributed by atoms with E-state index in [-0.39, 0.29) is 6.61 Å². The van der Waals surface area contributed by atoms with Crippen LogP contribution in [0.1, 0.15) is 19.4 Å². The van der Waals surface area contributed by atoms with Gasteiger partial charge in [0.2, 0.25) is 0 Å². The molecule has 94 valence electrons. The maximum Gasteiger partial charge on any atom is 0.328 e. The van der Waals surface area contributed by atoms with Crippen LogP contribution in [0.5, 0.6) is 5.75 Å². The monoisotopic (exact) mass is 239 g/mol. The number of esters is 1. The summed E-state index contributed by atoms with van der Waals surface area (Å²) < 4.78 is 10.1. The number of ether oxygens (including phenoxy) is 2.